The zero-order valence-electron chi connectivity index (χ0n) is 21.1. The molecule has 1 saturated carbocycles. The first-order chi connectivity index (χ1) is 18.0. The molecule has 37 heavy (non-hydrogen) atoms. The Bertz CT molecular complexity index is 1510. The highest BCUT2D eigenvalue weighted by Crippen LogP contribution is 2.33. The number of hydrogen-bond acceptors (Lipinski definition) is 5. The maximum Gasteiger partial charge on any atom is 0.282 e. The summed E-state index contributed by atoms with van der Waals surface area (Å²) in [5.41, 5.74) is 3.49. The molecule has 1 aromatic heterocycles. The van der Waals surface area contributed by atoms with Crippen LogP contribution in [0.1, 0.15) is 60.5 Å². The summed E-state index contributed by atoms with van der Waals surface area (Å²) in [4.78, 5) is 18.6. The van der Waals surface area contributed by atoms with Crippen LogP contribution in [0.15, 0.2) is 75.0 Å². The smallest absolute Gasteiger partial charge is 0.282 e. The van der Waals surface area contributed by atoms with Gasteiger partial charge in [-0.05, 0) is 55.7 Å². The number of rotatable bonds is 7. The molecule has 190 valence electrons. The molecule has 3 aromatic carbocycles. The molecular weight excluding hydrogens is 530 g/mol. The molecule has 0 radical (unpaired) electrons. The van der Waals surface area contributed by atoms with Crippen LogP contribution < -0.4 is 15.0 Å². The number of para-hydroxylation sites is 1. The van der Waals surface area contributed by atoms with E-state index in [0.717, 1.165) is 47.1 Å². The SMILES string of the molecule is COc1cccc(C=Nn2c(C3CCCCC3)nc3ccc(Br)cc3c2=O)c1OCc1cccc(C)c1. The minimum atomic E-state index is -0.173. The van der Waals surface area contributed by atoms with E-state index in [1.807, 2.05) is 48.5 Å². The van der Waals surface area contributed by atoms with Gasteiger partial charge >= 0.3 is 0 Å². The van der Waals surface area contributed by atoms with E-state index in [1.54, 1.807) is 13.3 Å². The Balaban J connectivity index is 1.56. The summed E-state index contributed by atoms with van der Waals surface area (Å²) in [6, 6.07) is 19.5. The minimum absolute atomic E-state index is 0.173. The van der Waals surface area contributed by atoms with Crippen LogP contribution in [0, 0.1) is 6.92 Å². The lowest BCUT2D eigenvalue weighted by molar-refractivity contribution is 0.284. The molecule has 6 nitrogen and oxygen atoms in total. The normalized spacial score (nSPS) is 14.4. The molecular formula is C30H30BrN3O3. The summed E-state index contributed by atoms with van der Waals surface area (Å²) in [6.07, 6.45) is 7.18. The van der Waals surface area contributed by atoms with E-state index in [-0.39, 0.29) is 11.5 Å². The van der Waals surface area contributed by atoms with Crippen LogP contribution >= 0.6 is 15.9 Å². The van der Waals surface area contributed by atoms with Crippen molar-refractivity contribution < 1.29 is 9.47 Å². The van der Waals surface area contributed by atoms with Crippen LogP contribution in [0.2, 0.25) is 0 Å². The summed E-state index contributed by atoms with van der Waals surface area (Å²) in [6.45, 7) is 2.45. The topological polar surface area (TPSA) is 65.7 Å². The number of benzene rings is 3. The number of aryl methyl sites for hydroxylation is 1. The van der Waals surface area contributed by atoms with Crippen molar-refractivity contribution in [1.82, 2.24) is 9.66 Å². The van der Waals surface area contributed by atoms with Gasteiger partial charge in [0, 0.05) is 16.0 Å². The molecule has 5 rings (SSSR count). The van der Waals surface area contributed by atoms with Crippen molar-refractivity contribution in [3.8, 4) is 11.5 Å². The second-order valence-electron chi connectivity index (χ2n) is 9.48. The standard InChI is InChI=1S/C30H30BrN3O3/c1-20-8-6-9-21(16-20)19-37-28-23(12-7-13-27(28)36-2)18-32-34-29(22-10-4-3-5-11-22)33-26-15-14-24(31)17-25(26)30(34)35/h6-9,12-18,22H,3-5,10-11,19H2,1-2H3. The molecule has 0 saturated heterocycles. The molecule has 0 aliphatic heterocycles. The molecule has 0 bridgehead atoms. The Morgan fingerprint density at radius 3 is 2.68 bits per heavy atom. The third kappa shape index (κ3) is 5.62. The van der Waals surface area contributed by atoms with Gasteiger partial charge in [-0.3, -0.25) is 4.79 Å². The fourth-order valence-corrected chi connectivity index (χ4v) is 5.29. The Kier molecular flexibility index (Phi) is 7.70. The lowest BCUT2D eigenvalue weighted by Gasteiger charge is -2.22. The molecule has 0 spiro atoms. The number of aromatic nitrogens is 2. The largest absolute Gasteiger partial charge is 0.493 e. The van der Waals surface area contributed by atoms with Gasteiger partial charge in [0.2, 0.25) is 0 Å². The first-order valence-corrected chi connectivity index (χ1v) is 13.4. The molecule has 4 aromatic rings. The molecule has 1 aliphatic rings. The van der Waals surface area contributed by atoms with Crippen molar-refractivity contribution in [2.45, 2.75) is 51.6 Å². The molecule has 1 aliphatic carbocycles. The zero-order valence-corrected chi connectivity index (χ0v) is 22.7. The fraction of sp³-hybridized carbons (Fsp3) is 0.300. The van der Waals surface area contributed by atoms with E-state index in [0.29, 0.717) is 29.0 Å². The van der Waals surface area contributed by atoms with Gasteiger partial charge in [0.1, 0.15) is 12.4 Å². The number of hydrogen-bond donors (Lipinski definition) is 0. The summed E-state index contributed by atoms with van der Waals surface area (Å²) >= 11 is 3.48. The van der Waals surface area contributed by atoms with E-state index in [1.165, 1.54) is 16.7 Å². The zero-order chi connectivity index (χ0) is 25.8. The first-order valence-electron chi connectivity index (χ1n) is 12.7. The van der Waals surface area contributed by atoms with E-state index >= 15 is 0 Å². The van der Waals surface area contributed by atoms with Crippen molar-refractivity contribution >= 4 is 33.0 Å². The highest BCUT2D eigenvalue weighted by atomic mass is 79.9. The second-order valence-corrected chi connectivity index (χ2v) is 10.4. The molecule has 0 amide bonds. The van der Waals surface area contributed by atoms with Gasteiger partial charge in [0.15, 0.2) is 11.5 Å². The van der Waals surface area contributed by atoms with E-state index in [2.05, 4.69) is 35.0 Å². The molecule has 0 N–H and O–H groups in total. The van der Waals surface area contributed by atoms with Gasteiger partial charge < -0.3 is 9.47 Å². The predicted molar refractivity (Wildman–Crippen MR) is 151 cm³/mol. The minimum Gasteiger partial charge on any atom is -0.493 e. The highest BCUT2D eigenvalue weighted by Gasteiger charge is 2.22. The Hall–Kier alpha value is -3.45. The van der Waals surface area contributed by atoms with Crippen LogP contribution in [0.3, 0.4) is 0 Å². The van der Waals surface area contributed by atoms with Crippen LogP contribution in [-0.4, -0.2) is 23.0 Å². The average Bonchev–Trinajstić information content (AvgIpc) is 2.92. The third-order valence-corrected chi connectivity index (χ3v) is 7.30. The fourth-order valence-electron chi connectivity index (χ4n) is 4.93. The van der Waals surface area contributed by atoms with E-state index in [9.17, 15) is 4.79 Å². The summed E-state index contributed by atoms with van der Waals surface area (Å²) in [7, 11) is 1.62. The van der Waals surface area contributed by atoms with Crippen LogP contribution in [-0.2, 0) is 6.61 Å². The highest BCUT2D eigenvalue weighted by molar-refractivity contribution is 9.10. The van der Waals surface area contributed by atoms with Crippen molar-refractivity contribution in [1.29, 1.82) is 0 Å². The Morgan fingerprint density at radius 2 is 1.89 bits per heavy atom. The van der Waals surface area contributed by atoms with E-state index < -0.39 is 0 Å². The predicted octanol–water partition coefficient (Wildman–Crippen LogP) is 6.98. The molecule has 0 atom stereocenters. The monoisotopic (exact) mass is 559 g/mol. The van der Waals surface area contributed by atoms with Gasteiger partial charge in [-0.25, -0.2) is 4.98 Å². The van der Waals surface area contributed by atoms with Crippen molar-refractivity contribution in [3.63, 3.8) is 0 Å². The number of ether oxygens (including phenoxy) is 2. The maximum atomic E-state index is 13.6. The Labute approximate surface area is 225 Å². The first kappa shape index (κ1) is 25.2. The van der Waals surface area contributed by atoms with E-state index in [4.69, 9.17) is 19.6 Å². The van der Waals surface area contributed by atoms with Crippen molar-refractivity contribution in [2.24, 2.45) is 5.10 Å². The summed E-state index contributed by atoms with van der Waals surface area (Å²) in [5.74, 6) is 2.12. The number of fused-ring (bicyclic) bond motifs is 1. The number of halogens is 1. The van der Waals surface area contributed by atoms with Crippen molar-refractivity contribution in [3.05, 3.63) is 98.0 Å². The lowest BCUT2D eigenvalue weighted by Crippen LogP contribution is -2.25. The van der Waals surface area contributed by atoms with Gasteiger partial charge in [-0.1, -0.05) is 71.1 Å². The van der Waals surface area contributed by atoms with Crippen molar-refractivity contribution in [2.75, 3.05) is 7.11 Å². The summed E-state index contributed by atoms with van der Waals surface area (Å²) < 4.78 is 14.1. The summed E-state index contributed by atoms with van der Waals surface area (Å²) in [5, 5.41) is 5.24. The van der Waals surface area contributed by atoms with Gasteiger partial charge in [-0.2, -0.15) is 9.78 Å². The van der Waals surface area contributed by atoms with Gasteiger partial charge in [0.25, 0.3) is 5.56 Å². The molecule has 7 heteroatoms. The Morgan fingerprint density at radius 1 is 1.08 bits per heavy atom. The van der Waals surface area contributed by atoms with Crippen LogP contribution in [0.25, 0.3) is 10.9 Å². The third-order valence-electron chi connectivity index (χ3n) is 6.81. The van der Waals surface area contributed by atoms with Crippen LogP contribution in [0.4, 0.5) is 0 Å². The van der Waals surface area contributed by atoms with Gasteiger partial charge in [0.05, 0.1) is 24.2 Å². The second kappa shape index (κ2) is 11.3. The number of nitrogens with zero attached hydrogens (tertiary/aromatic N) is 3. The molecule has 1 fully saturated rings. The van der Waals surface area contributed by atoms with Crippen LogP contribution in [0.5, 0.6) is 11.5 Å². The van der Waals surface area contributed by atoms with Gasteiger partial charge in [-0.15, -0.1) is 0 Å². The lowest BCUT2D eigenvalue weighted by atomic mass is 9.88. The quantitative estimate of drug-likeness (QED) is 0.229. The number of methoxy groups -OCH3 is 1. The maximum absolute atomic E-state index is 13.6. The molecule has 0 unspecified atom stereocenters. The average molecular weight is 560 g/mol. The molecule has 1 heterocycles.